The van der Waals surface area contributed by atoms with Crippen LogP contribution >= 0.6 is 0 Å². The van der Waals surface area contributed by atoms with Crippen LogP contribution in [0.3, 0.4) is 0 Å². The highest BCUT2D eigenvalue weighted by atomic mass is 16.2. The van der Waals surface area contributed by atoms with Crippen molar-refractivity contribution < 1.29 is 5.11 Å². The van der Waals surface area contributed by atoms with Gasteiger partial charge in [0.1, 0.15) is 0 Å². The van der Waals surface area contributed by atoms with E-state index in [1.807, 2.05) is 0 Å². The van der Waals surface area contributed by atoms with E-state index in [-0.39, 0.29) is 0 Å². The van der Waals surface area contributed by atoms with Crippen LogP contribution in [0.5, 0.6) is 0 Å². The molecule has 0 amide bonds. The summed E-state index contributed by atoms with van der Waals surface area (Å²) in [6.45, 7) is 11.7. The Bertz CT molecular complexity index is 187. The first-order valence-electron chi connectivity index (χ1n) is 7.58. The first-order chi connectivity index (χ1) is 8.58. The molecule has 0 aromatic carbocycles. The predicted molar refractivity (Wildman–Crippen MR) is 80.0 cm³/mol. The second-order valence-corrected chi connectivity index (χ2v) is 5.86. The lowest BCUT2D eigenvalue weighted by atomic mass is 9.86. The molecule has 0 spiro atoms. The molecule has 0 saturated heterocycles. The maximum atomic E-state index is 8.75. The van der Waals surface area contributed by atoms with Gasteiger partial charge in [0.25, 0.3) is 0 Å². The van der Waals surface area contributed by atoms with Gasteiger partial charge in [-0.15, -0.1) is 0 Å². The highest BCUT2D eigenvalue weighted by Gasteiger charge is 2.23. The van der Waals surface area contributed by atoms with Crippen LogP contribution in [0.2, 0.25) is 0 Å². The lowest BCUT2D eigenvalue weighted by Gasteiger charge is -2.33. The molecule has 0 aliphatic heterocycles. The summed E-state index contributed by atoms with van der Waals surface area (Å²) in [5, 5.41) is 12.3. The van der Waals surface area contributed by atoms with Crippen molar-refractivity contribution in [3.05, 3.63) is 0 Å². The number of hydrogen-bond donors (Lipinski definition) is 2. The molecule has 0 fully saturated rings. The van der Waals surface area contributed by atoms with Crippen LogP contribution < -0.4 is 5.32 Å². The van der Waals surface area contributed by atoms with Crippen LogP contribution in [0.15, 0.2) is 0 Å². The Kier molecular flexibility index (Phi) is 10.7. The van der Waals surface area contributed by atoms with E-state index in [0.717, 1.165) is 39.0 Å². The van der Waals surface area contributed by atoms with E-state index >= 15 is 0 Å². The summed E-state index contributed by atoms with van der Waals surface area (Å²) >= 11 is 0. The van der Waals surface area contributed by atoms with Crippen LogP contribution in [0.25, 0.3) is 0 Å². The molecule has 110 valence electrons. The minimum absolute atomic E-state index is 0.331. The Balaban J connectivity index is 3.85. The standard InChI is InChI=1S/C15H34N2O/c1-5-10-16-13-15(3,6-2)14-17(4)11-8-7-9-12-18/h16,18H,5-14H2,1-4H3. The van der Waals surface area contributed by atoms with E-state index in [9.17, 15) is 0 Å². The largest absolute Gasteiger partial charge is 0.396 e. The predicted octanol–water partition coefficient (Wildman–Crippen LogP) is 2.50. The Morgan fingerprint density at radius 2 is 1.89 bits per heavy atom. The summed E-state index contributed by atoms with van der Waals surface area (Å²) < 4.78 is 0. The Morgan fingerprint density at radius 3 is 2.44 bits per heavy atom. The van der Waals surface area contributed by atoms with Gasteiger partial charge in [-0.25, -0.2) is 0 Å². The molecule has 1 unspecified atom stereocenters. The molecule has 1 atom stereocenters. The quantitative estimate of drug-likeness (QED) is 0.528. The highest BCUT2D eigenvalue weighted by molar-refractivity contribution is 4.78. The van der Waals surface area contributed by atoms with Gasteiger partial charge < -0.3 is 15.3 Å². The third-order valence-corrected chi connectivity index (χ3v) is 3.68. The van der Waals surface area contributed by atoms with Gasteiger partial charge >= 0.3 is 0 Å². The van der Waals surface area contributed by atoms with E-state index in [0.29, 0.717) is 12.0 Å². The van der Waals surface area contributed by atoms with Crippen molar-refractivity contribution in [2.75, 3.05) is 39.8 Å². The van der Waals surface area contributed by atoms with Crippen molar-refractivity contribution in [2.45, 2.75) is 52.9 Å². The average Bonchev–Trinajstić information content (AvgIpc) is 2.35. The monoisotopic (exact) mass is 258 g/mol. The van der Waals surface area contributed by atoms with Crippen molar-refractivity contribution in [1.29, 1.82) is 0 Å². The molecular weight excluding hydrogens is 224 g/mol. The molecule has 0 saturated carbocycles. The summed E-state index contributed by atoms with van der Waals surface area (Å²) in [5.41, 5.74) is 0.376. The molecular formula is C15H34N2O. The third kappa shape index (κ3) is 8.90. The van der Waals surface area contributed by atoms with Crippen molar-refractivity contribution in [3.63, 3.8) is 0 Å². The number of rotatable bonds is 12. The molecule has 0 aromatic heterocycles. The van der Waals surface area contributed by atoms with Gasteiger partial charge in [-0.05, 0) is 57.7 Å². The molecule has 0 aromatic rings. The molecule has 18 heavy (non-hydrogen) atoms. The van der Waals surface area contributed by atoms with Crippen molar-refractivity contribution in [2.24, 2.45) is 5.41 Å². The van der Waals surface area contributed by atoms with Gasteiger partial charge in [0.15, 0.2) is 0 Å². The molecule has 0 radical (unpaired) electrons. The summed E-state index contributed by atoms with van der Waals surface area (Å²) in [6, 6.07) is 0. The molecule has 3 nitrogen and oxygen atoms in total. The number of nitrogens with one attached hydrogen (secondary N) is 1. The maximum Gasteiger partial charge on any atom is 0.0431 e. The Morgan fingerprint density at radius 1 is 1.17 bits per heavy atom. The lowest BCUT2D eigenvalue weighted by Crippen LogP contribution is -2.41. The van der Waals surface area contributed by atoms with Crippen LogP contribution in [0, 0.1) is 5.41 Å². The zero-order chi connectivity index (χ0) is 13.9. The number of hydrogen-bond acceptors (Lipinski definition) is 3. The average molecular weight is 258 g/mol. The summed E-state index contributed by atoms with van der Waals surface area (Å²) in [7, 11) is 2.21. The molecule has 3 heteroatoms. The number of aliphatic hydroxyl groups is 1. The minimum atomic E-state index is 0.331. The topological polar surface area (TPSA) is 35.5 Å². The number of unbranched alkanes of at least 4 members (excludes halogenated alkanes) is 2. The van der Waals surface area contributed by atoms with Crippen LogP contribution in [-0.4, -0.2) is 49.8 Å². The Hall–Kier alpha value is -0.120. The zero-order valence-electron chi connectivity index (χ0n) is 13.0. The fourth-order valence-corrected chi connectivity index (χ4v) is 2.26. The van der Waals surface area contributed by atoms with E-state index < -0.39 is 0 Å². The fraction of sp³-hybridized carbons (Fsp3) is 1.00. The third-order valence-electron chi connectivity index (χ3n) is 3.68. The zero-order valence-corrected chi connectivity index (χ0v) is 13.0. The minimum Gasteiger partial charge on any atom is -0.396 e. The first-order valence-corrected chi connectivity index (χ1v) is 7.58. The second kappa shape index (κ2) is 10.8. The second-order valence-electron chi connectivity index (χ2n) is 5.86. The lowest BCUT2D eigenvalue weighted by molar-refractivity contribution is 0.177. The fourth-order valence-electron chi connectivity index (χ4n) is 2.26. The van der Waals surface area contributed by atoms with E-state index in [1.54, 1.807) is 0 Å². The van der Waals surface area contributed by atoms with Gasteiger partial charge in [-0.3, -0.25) is 0 Å². The molecule has 0 bridgehead atoms. The van der Waals surface area contributed by atoms with Crippen molar-refractivity contribution >= 4 is 0 Å². The molecule has 2 N–H and O–H groups in total. The van der Waals surface area contributed by atoms with E-state index in [4.69, 9.17) is 5.11 Å². The van der Waals surface area contributed by atoms with Gasteiger partial charge in [-0.2, -0.15) is 0 Å². The maximum absolute atomic E-state index is 8.75. The van der Waals surface area contributed by atoms with Crippen molar-refractivity contribution in [3.8, 4) is 0 Å². The first kappa shape index (κ1) is 17.9. The SMILES string of the molecule is CCCNCC(C)(CC)CN(C)CCCCCO. The molecule has 0 rings (SSSR count). The molecule has 0 aliphatic rings. The summed E-state index contributed by atoms with van der Waals surface area (Å²) in [5.74, 6) is 0. The number of nitrogens with zero attached hydrogens (tertiary/aromatic N) is 1. The van der Waals surface area contributed by atoms with Crippen LogP contribution in [0.4, 0.5) is 0 Å². The van der Waals surface area contributed by atoms with Crippen molar-refractivity contribution in [1.82, 2.24) is 10.2 Å². The van der Waals surface area contributed by atoms with Gasteiger partial charge in [-0.1, -0.05) is 20.8 Å². The summed E-state index contributed by atoms with van der Waals surface area (Å²) in [4.78, 5) is 2.44. The van der Waals surface area contributed by atoms with Gasteiger partial charge in [0.2, 0.25) is 0 Å². The van der Waals surface area contributed by atoms with Gasteiger partial charge in [0.05, 0.1) is 0 Å². The normalized spacial score (nSPS) is 15.0. The molecule has 0 aliphatic carbocycles. The highest BCUT2D eigenvalue weighted by Crippen LogP contribution is 2.21. The van der Waals surface area contributed by atoms with Crippen LogP contribution in [-0.2, 0) is 0 Å². The van der Waals surface area contributed by atoms with Crippen LogP contribution in [0.1, 0.15) is 52.9 Å². The van der Waals surface area contributed by atoms with Gasteiger partial charge in [0, 0.05) is 19.7 Å². The number of aliphatic hydroxyl groups excluding tert-OH is 1. The smallest absolute Gasteiger partial charge is 0.0431 e. The van der Waals surface area contributed by atoms with E-state index in [1.165, 1.54) is 19.3 Å². The summed E-state index contributed by atoms with van der Waals surface area (Å²) in [6.07, 6.45) is 5.69. The Labute approximate surface area is 114 Å². The molecule has 0 heterocycles. The van der Waals surface area contributed by atoms with E-state index in [2.05, 4.69) is 38.0 Å².